The first kappa shape index (κ1) is 16.3. The summed E-state index contributed by atoms with van der Waals surface area (Å²) in [5.41, 5.74) is -2.16. The van der Waals surface area contributed by atoms with Crippen LogP contribution in [0.3, 0.4) is 0 Å². The van der Waals surface area contributed by atoms with E-state index in [2.05, 4.69) is 0 Å². The molecule has 0 saturated carbocycles. The first-order chi connectivity index (χ1) is 9.97. The van der Waals surface area contributed by atoms with E-state index >= 15 is 0 Å². The Morgan fingerprint density at radius 1 is 1.43 bits per heavy atom. The number of benzene rings is 1. The van der Waals surface area contributed by atoms with E-state index in [-0.39, 0.29) is 5.56 Å². The Labute approximate surface area is 122 Å². The van der Waals surface area contributed by atoms with Crippen molar-refractivity contribution in [2.24, 2.45) is 0 Å². The molecule has 0 bridgehead atoms. The lowest BCUT2D eigenvalue weighted by Crippen LogP contribution is -2.45. The summed E-state index contributed by atoms with van der Waals surface area (Å²) >= 11 is 0. The fraction of sp³-hybridized carbons (Fsp3) is 0.600. The van der Waals surface area contributed by atoms with Crippen molar-refractivity contribution in [3.63, 3.8) is 0 Å². The Hall–Kier alpha value is -1.08. The van der Waals surface area contributed by atoms with E-state index in [4.69, 9.17) is 9.47 Å². The lowest BCUT2D eigenvalue weighted by atomic mass is 9.89. The van der Waals surface area contributed by atoms with Crippen molar-refractivity contribution in [2.75, 3.05) is 13.2 Å². The number of ether oxygens (including phenoxy) is 2. The Balaban J connectivity index is 2.18. The Morgan fingerprint density at radius 3 is 2.76 bits per heavy atom. The Kier molecular flexibility index (Phi) is 5.27. The van der Waals surface area contributed by atoms with Crippen molar-refractivity contribution in [1.82, 2.24) is 0 Å². The summed E-state index contributed by atoms with van der Waals surface area (Å²) < 4.78 is 37.9. The average molecular weight is 302 g/mol. The average Bonchev–Trinajstić information content (AvgIpc) is 2.47. The zero-order valence-corrected chi connectivity index (χ0v) is 11.9. The van der Waals surface area contributed by atoms with E-state index in [9.17, 15) is 19.0 Å². The van der Waals surface area contributed by atoms with Gasteiger partial charge in [-0.3, -0.25) is 0 Å². The van der Waals surface area contributed by atoms with Gasteiger partial charge >= 0.3 is 0 Å². The summed E-state index contributed by atoms with van der Waals surface area (Å²) in [6.07, 6.45) is 1.17. The van der Waals surface area contributed by atoms with Crippen LogP contribution in [0.15, 0.2) is 18.2 Å². The number of hydrogen-bond acceptors (Lipinski definition) is 4. The van der Waals surface area contributed by atoms with Gasteiger partial charge in [-0.25, -0.2) is 8.78 Å². The van der Waals surface area contributed by atoms with Gasteiger partial charge in [0.2, 0.25) is 0 Å². The molecule has 6 heteroatoms. The van der Waals surface area contributed by atoms with E-state index in [0.29, 0.717) is 19.1 Å². The molecule has 0 amide bonds. The van der Waals surface area contributed by atoms with E-state index in [0.717, 1.165) is 25.0 Å². The third kappa shape index (κ3) is 3.58. The summed E-state index contributed by atoms with van der Waals surface area (Å²) in [5, 5.41) is 20.1. The minimum atomic E-state index is -1.96. The third-order valence-electron chi connectivity index (χ3n) is 3.80. The van der Waals surface area contributed by atoms with Crippen LogP contribution in [0.4, 0.5) is 8.78 Å². The summed E-state index contributed by atoms with van der Waals surface area (Å²) in [7, 11) is 0. The monoisotopic (exact) mass is 302 g/mol. The molecule has 0 aliphatic carbocycles. The van der Waals surface area contributed by atoms with Crippen LogP contribution in [0.5, 0.6) is 0 Å². The van der Waals surface area contributed by atoms with Crippen LogP contribution >= 0.6 is 0 Å². The van der Waals surface area contributed by atoms with Gasteiger partial charge in [0.1, 0.15) is 17.2 Å². The van der Waals surface area contributed by atoms with Crippen molar-refractivity contribution < 1.29 is 28.5 Å². The van der Waals surface area contributed by atoms with Gasteiger partial charge in [0.15, 0.2) is 6.29 Å². The molecule has 118 valence electrons. The molecule has 2 rings (SSSR count). The van der Waals surface area contributed by atoms with E-state index in [1.807, 2.05) is 0 Å². The molecule has 0 aromatic heterocycles. The molecule has 0 spiro atoms. The van der Waals surface area contributed by atoms with Gasteiger partial charge in [0, 0.05) is 18.2 Å². The fourth-order valence-electron chi connectivity index (χ4n) is 2.43. The maximum atomic E-state index is 13.9. The van der Waals surface area contributed by atoms with Crippen molar-refractivity contribution >= 4 is 0 Å². The van der Waals surface area contributed by atoms with Gasteiger partial charge in [-0.2, -0.15) is 0 Å². The maximum absolute atomic E-state index is 13.9. The molecule has 1 aromatic carbocycles. The number of halogens is 2. The molecule has 1 fully saturated rings. The van der Waals surface area contributed by atoms with Gasteiger partial charge in [-0.15, -0.1) is 0 Å². The van der Waals surface area contributed by atoms with Gasteiger partial charge in [-0.1, -0.05) is 6.07 Å². The number of hydrogen-bond donors (Lipinski definition) is 2. The molecule has 3 atom stereocenters. The highest BCUT2D eigenvalue weighted by atomic mass is 19.1. The first-order valence-corrected chi connectivity index (χ1v) is 7.03. The SMILES string of the molecule is C[C@@H](OC1CCCCO1)[C@](O)(CO)c1ccc(F)cc1F. The van der Waals surface area contributed by atoms with E-state index < -0.39 is 36.2 Å². The second-order valence-corrected chi connectivity index (χ2v) is 5.28. The molecular weight excluding hydrogens is 282 g/mol. The zero-order chi connectivity index (χ0) is 15.5. The molecule has 2 N–H and O–H groups in total. The molecule has 1 unspecified atom stereocenters. The minimum Gasteiger partial charge on any atom is -0.393 e. The fourth-order valence-corrected chi connectivity index (χ4v) is 2.43. The predicted octanol–water partition coefficient (Wildman–Crippen LogP) is 2.08. The predicted molar refractivity (Wildman–Crippen MR) is 71.5 cm³/mol. The molecule has 1 aliphatic rings. The normalized spacial score (nSPS) is 23.6. The Morgan fingerprint density at radius 2 is 2.19 bits per heavy atom. The highest BCUT2D eigenvalue weighted by molar-refractivity contribution is 5.26. The van der Waals surface area contributed by atoms with Crippen LogP contribution in [0.25, 0.3) is 0 Å². The molecule has 21 heavy (non-hydrogen) atoms. The molecule has 1 saturated heterocycles. The zero-order valence-electron chi connectivity index (χ0n) is 11.9. The summed E-state index contributed by atoms with van der Waals surface area (Å²) in [5.74, 6) is -1.67. The van der Waals surface area contributed by atoms with E-state index in [1.165, 1.54) is 6.92 Å². The molecule has 4 nitrogen and oxygen atoms in total. The van der Waals surface area contributed by atoms with Gasteiger partial charge in [-0.05, 0) is 32.3 Å². The van der Waals surface area contributed by atoms with Crippen LogP contribution in [0.2, 0.25) is 0 Å². The van der Waals surface area contributed by atoms with Crippen molar-refractivity contribution in [2.45, 2.75) is 44.2 Å². The van der Waals surface area contributed by atoms with Crippen LogP contribution in [-0.2, 0) is 15.1 Å². The van der Waals surface area contributed by atoms with Crippen LogP contribution in [-0.4, -0.2) is 35.8 Å². The third-order valence-corrected chi connectivity index (χ3v) is 3.80. The molecule has 1 aliphatic heterocycles. The number of rotatable bonds is 5. The number of aliphatic hydroxyl groups excluding tert-OH is 1. The van der Waals surface area contributed by atoms with Crippen molar-refractivity contribution in [1.29, 1.82) is 0 Å². The quantitative estimate of drug-likeness (QED) is 0.874. The largest absolute Gasteiger partial charge is 0.393 e. The highest BCUT2D eigenvalue weighted by Gasteiger charge is 2.40. The van der Waals surface area contributed by atoms with Crippen LogP contribution < -0.4 is 0 Å². The molecule has 0 radical (unpaired) electrons. The Bertz CT molecular complexity index is 477. The van der Waals surface area contributed by atoms with Gasteiger partial charge in [0.25, 0.3) is 0 Å². The lowest BCUT2D eigenvalue weighted by Gasteiger charge is -2.36. The summed E-state index contributed by atoms with van der Waals surface area (Å²) in [6, 6.07) is 2.81. The summed E-state index contributed by atoms with van der Waals surface area (Å²) in [6.45, 7) is 1.35. The van der Waals surface area contributed by atoms with E-state index in [1.54, 1.807) is 0 Å². The topological polar surface area (TPSA) is 58.9 Å². The first-order valence-electron chi connectivity index (χ1n) is 7.03. The standard InChI is InChI=1S/C15H20F2O4/c1-10(21-14-4-2-3-7-20-14)15(19,9-18)12-6-5-11(16)8-13(12)17/h5-6,8,10,14,18-19H,2-4,7,9H2,1H3/t10-,14?,15-/m1/s1. The smallest absolute Gasteiger partial charge is 0.158 e. The number of aliphatic hydroxyl groups is 2. The maximum Gasteiger partial charge on any atom is 0.158 e. The highest BCUT2D eigenvalue weighted by Crippen LogP contribution is 2.31. The van der Waals surface area contributed by atoms with Gasteiger partial charge in [0.05, 0.1) is 12.7 Å². The van der Waals surface area contributed by atoms with Crippen molar-refractivity contribution in [3.8, 4) is 0 Å². The van der Waals surface area contributed by atoms with Crippen LogP contribution in [0, 0.1) is 11.6 Å². The second-order valence-electron chi connectivity index (χ2n) is 5.28. The molecule has 1 heterocycles. The van der Waals surface area contributed by atoms with Gasteiger partial charge < -0.3 is 19.7 Å². The molecule has 1 aromatic rings. The van der Waals surface area contributed by atoms with Crippen molar-refractivity contribution in [3.05, 3.63) is 35.4 Å². The minimum absolute atomic E-state index is 0.199. The van der Waals surface area contributed by atoms with Crippen LogP contribution in [0.1, 0.15) is 31.7 Å². The lowest BCUT2D eigenvalue weighted by molar-refractivity contribution is -0.232. The summed E-state index contributed by atoms with van der Waals surface area (Å²) in [4.78, 5) is 0. The second kappa shape index (κ2) is 6.79. The molecular formula is C15H20F2O4.